The number of hydrogen-bond acceptors (Lipinski definition) is 4. The molecule has 2 aliphatic heterocycles. The largest absolute Gasteiger partial charge is 0.444 e. The molecule has 0 radical (unpaired) electrons. The number of ether oxygens (including phenoxy) is 1. The van der Waals surface area contributed by atoms with Crippen LogP contribution in [0.5, 0.6) is 0 Å². The van der Waals surface area contributed by atoms with E-state index in [1.807, 2.05) is 60.7 Å². The molecule has 148 valence electrons. The number of piperidine rings is 1. The molecule has 1 aromatic carbocycles. The SMILES string of the molecule is CC(C)(C)OC(=O)N1CC2CC1CN(C(=O)c1cccc(-n3ccnc3)c1)C2. The topological polar surface area (TPSA) is 67.7 Å². The zero-order chi connectivity index (χ0) is 19.9. The van der Waals surface area contributed by atoms with E-state index >= 15 is 0 Å². The van der Waals surface area contributed by atoms with Crippen molar-refractivity contribution in [2.24, 2.45) is 5.92 Å². The predicted octanol–water partition coefficient (Wildman–Crippen LogP) is 2.95. The minimum atomic E-state index is -0.517. The highest BCUT2D eigenvalue weighted by molar-refractivity contribution is 5.95. The minimum Gasteiger partial charge on any atom is -0.444 e. The van der Waals surface area contributed by atoms with Crippen LogP contribution in [0.25, 0.3) is 5.69 Å². The molecular formula is C21H26N4O3. The molecule has 2 unspecified atom stereocenters. The number of hydrogen-bond donors (Lipinski definition) is 0. The van der Waals surface area contributed by atoms with Gasteiger partial charge in [0.2, 0.25) is 0 Å². The molecule has 28 heavy (non-hydrogen) atoms. The molecule has 1 aromatic heterocycles. The van der Waals surface area contributed by atoms with E-state index in [1.165, 1.54) is 0 Å². The van der Waals surface area contributed by atoms with Gasteiger partial charge in [-0.15, -0.1) is 0 Å². The molecule has 0 spiro atoms. The minimum absolute atomic E-state index is 0.00250. The number of amides is 2. The van der Waals surface area contributed by atoms with E-state index in [0.717, 1.165) is 12.1 Å². The predicted molar refractivity (Wildman–Crippen MR) is 104 cm³/mol. The average molecular weight is 382 g/mol. The lowest BCUT2D eigenvalue weighted by Gasteiger charge is -2.33. The third kappa shape index (κ3) is 3.74. The maximum Gasteiger partial charge on any atom is 0.410 e. The van der Waals surface area contributed by atoms with Gasteiger partial charge >= 0.3 is 6.09 Å². The number of benzene rings is 1. The van der Waals surface area contributed by atoms with Gasteiger partial charge in [0.1, 0.15) is 5.60 Å². The van der Waals surface area contributed by atoms with Crippen molar-refractivity contribution in [2.75, 3.05) is 19.6 Å². The van der Waals surface area contributed by atoms with Crippen molar-refractivity contribution in [2.45, 2.75) is 38.8 Å². The van der Waals surface area contributed by atoms with Crippen LogP contribution in [-0.4, -0.2) is 62.6 Å². The number of imidazole rings is 1. The van der Waals surface area contributed by atoms with Gasteiger partial charge in [0.25, 0.3) is 5.91 Å². The Morgan fingerprint density at radius 3 is 2.71 bits per heavy atom. The number of aromatic nitrogens is 2. The molecule has 0 saturated carbocycles. The molecule has 2 saturated heterocycles. The Balaban J connectivity index is 1.48. The first-order valence-corrected chi connectivity index (χ1v) is 9.67. The highest BCUT2D eigenvalue weighted by Crippen LogP contribution is 2.31. The number of likely N-dealkylation sites (tertiary alicyclic amines) is 2. The Kier molecular flexibility index (Phi) is 4.61. The Bertz CT molecular complexity index is 872. The van der Waals surface area contributed by atoms with E-state index in [9.17, 15) is 9.59 Å². The quantitative estimate of drug-likeness (QED) is 0.801. The van der Waals surface area contributed by atoms with Gasteiger partial charge in [0.15, 0.2) is 0 Å². The van der Waals surface area contributed by atoms with Crippen molar-refractivity contribution >= 4 is 12.0 Å². The van der Waals surface area contributed by atoms with E-state index in [4.69, 9.17) is 4.74 Å². The third-order valence-electron chi connectivity index (χ3n) is 5.22. The molecule has 2 amide bonds. The zero-order valence-corrected chi connectivity index (χ0v) is 16.5. The van der Waals surface area contributed by atoms with Crippen LogP contribution in [0.15, 0.2) is 43.0 Å². The maximum absolute atomic E-state index is 13.1. The first-order valence-electron chi connectivity index (χ1n) is 9.67. The normalized spacial score (nSPS) is 21.7. The summed E-state index contributed by atoms with van der Waals surface area (Å²) in [6, 6.07) is 7.57. The Hall–Kier alpha value is -2.83. The third-order valence-corrected chi connectivity index (χ3v) is 5.22. The molecule has 2 fully saturated rings. The summed E-state index contributed by atoms with van der Waals surface area (Å²) in [6.45, 7) is 7.48. The second-order valence-corrected chi connectivity index (χ2v) is 8.62. The van der Waals surface area contributed by atoms with Crippen LogP contribution in [0.4, 0.5) is 4.79 Å². The fourth-order valence-corrected chi connectivity index (χ4v) is 4.06. The Morgan fingerprint density at radius 1 is 1.18 bits per heavy atom. The van der Waals surface area contributed by atoms with Crippen LogP contribution in [0.3, 0.4) is 0 Å². The van der Waals surface area contributed by atoms with E-state index in [-0.39, 0.29) is 18.0 Å². The first-order chi connectivity index (χ1) is 13.3. The van der Waals surface area contributed by atoms with Crippen molar-refractivity contribution in [3.8, 4) is 5.69 Å². The number of rotatable bonds is 2. The summed E-state index contributed by atoms with van der Waals surface area (Å²) in [5, 5.41) is 0. The molecule has 2 aliphatic rings. The average Bonchev–Trinajstić information content (AvgIpc) is 3.27. The molecule has 2 aromatic rings. The Labute approximate surface area is 164 Å². The molecule has 2 atom stereocenters. The van der Waals surface area contributed by atoms with Gasteiger partial charge in [-0.05, 0) is 51.3 Å². The van der Waals surface area contributed by atoms with Gasteiger partial charge < -0.3 is 19.1 Å². The summed E-state index contributed by atoms with van der Waals surface area (Å²) < 4.78 is 7.42. The van der Waals surface area contributed by atoms with E-state index in [2.05, 4.69) is 4.98 Å². The van der Waals surface area contributed by atoms with Crippen LogP contribution >= 0.6 is 0 Å². The molecule has 2 bridgehead atoms. The van der Waals surface area contributed by atoms with Crippen LogP contribution < -0.4 is 0 Å². The smallest absolute Gasteiger partial charge is 0.410 e. The fourth-order valence-electron chi connectivity index (χ4n) is 4.06. The molecule has 0 aliphatic carbocycles. The van der Waals surface area contributed by atoms with Gasteiger partial charge in [0.05, 0.1) is 12.4 Å². The molecule has 0 N–H and O–H groups in total. The highest BCUT2D eigenvalue weighted by Gasteiger charge is 2.43. The van der Waals surface area contributed by atoms with E-state index < -0.39 is 5.60 Å². The number of fused-ring (bicyclic) bond motifs is 2. The maximum atomic E-state index is 13.1. The lowest BCUT2D eigenvalue weighted by Crippen LogP contribution is -2.47. The van der Waals surface area contributed by atoms with Crippen LogP contribution in [0.2, 0.25) is 0 Å². The molecule has 3 heterocycles. The lowest BCUT2D eigenvalue weighted by molar-refractivity contribution is 0.0207. The highest BCUT2D eigenvalue weighted by atomic mass is 16.6. The fraction of sp³-hybridized carbons (Fsp3) is 0.476. The summed E-state index contributed by atoms with van der Waals surface area (Å²) in [5.74, 6) is 0.301. The van der Waals surface area contributed by atoms with Crippen molar-refractivity contribution in [3.63, 3.8) is 0 Å². The van der Waals surface area contributed by atoms with Gasteiger partial charge in [-0.3, -0.25) is 4.79 Å². The standard InChI is InChI=1S/C21H26N4O3/c1-21(2,3)28-20(27)25-12-15-9-18(25)13-24(11-15)19(26)16-5-4-6-17(10-16)23-8-7-22-14-23/h4-8,10,14-15,18H,9,11-13H2,1-3H3. The van der Waals surface area contributed by atoms with Crippen molar-refractivity contribution in [1.29, 1.82) is 0 Å². The van der Waals surface area contributed by atoms with Crippen LogP contribution in [-0.2, 0) is 4.74 Å². The summed E-state index contributed by atoms with van der Waals surface area (Å²) in [6.07, 6.45) is 5.92. The van der Waals surface area contributed by atoms with E-state index in [1.54, 1.807) is 17.4 Å². The summed E-state index contributed by atoms with van der Waals surface area (Å²) in [7, 11) is 0. The molecule has 4 rings (SSSR count). The lowest BCUT2D eigenvalue weighted by atomic mass is 9.99. The second-order valence-electron chi connectivity index (χ2n) is 8.62. The summed E-state index contributed by atoms with van der Waals surface area (Å²) in [4.78, 5) is 33.4. The van der Waals surface area contributed by atoms with Gasteiger partial charge in [0, 0.05) is 43.3 Å². The molecule has 7 nitrogen and oxygen atoms in total. The van der Waals surface area contributed by atoms with Crippen molar-refractivity contribution in [1.82, 2.24) is 19.4 Å². The van der Waals surface area contributed by atoms with Gasteiger partial charge in [-0.1, -0.05) is 6.07 Å². The van der Waals surface area contributed by atoms with Crippen molar-refractivity contribution < 1.29 is 14.3 Å². The second kappa shape index (κ2) is 6.96. The molecule has 7 heteroatoms. The number of carbonyl (C=O) groups is 2. The number of carbonyl (C=O) groups excluding carboxylic acids is 2. The zero-order valence-electron chi connectivity index (χ0n) is 16.5. The van der Waals surface area contributed by atoms with Gasteiger partial charge in [-0.25, -0.2) is 9.78 Å². The number of nitrogens with zero attached hydrogens (tertiary/aromatic N) is 4. The van der Waals surface area contributed by atoms with Gasteiger partial charge in [-0.2, -0.15) is 0 Å². The Morgan fingerprint density at radius 2 is 2.00 bits per heavy atom. The summed E-state index contributed by atoms with van der Waals surface area (Å²) in [5.41, 5.74) is 1.03. The first kappa shape index (κ1) is 18.5. The van der Waals surface area contributed by atoms with Crippen LogP contribution in [0.1, 0.15) is 37.6 Å². The van der Waals surface area contributed by atoms with Crippen LogP contribution in [0, 0.1) is 5.92 Å². The molecular weight excluding hydrogens is 356 g/mol. The monoisotopic (exact) mass is 382 g/mol. The van der Waals surface area contributed by atoms with E-state index in [0.29, 0.717) is 31.1 Å². The summed E-state index contributed by atoms with van der Waals surface area (Å²) >= 11 is 0. The van der Waals surface area contributed by atoms with Crippen molar-refractivity contribution in [3.05, 3.63) is 48.5 Å².